The van der Waals surface area contributed by atoms with E-state index in [4.69, 9.17) is 4.74 Å². The molecule has 2 aromatic heterocycles. The van der Waals surface area contributed by atoms with E-state index in [9.17, 15) is 4.79 Å². The van der Waals surface area contributed by atoms with Gasteiger partial charge in [0.25, 0.3) is 5.91 Å². The van der Waals surface area contributed by atoms with Gasteiger partial charge in [-0.15, -0.1) is 0 Å². The predicted octanol–water partition coefficient (Wildman–Crippen LogP) is 1.04. The SMILES string of the molecule is O=C(c1cc2cccnc2[nH]1)N1CCOCC1. The lowest BCUT2D eigenvalue weighted by atomic mass is 10.3. The summed E-state index contributed by atoms with van der Waals surface area (Å²) in [5.74, 6) is 0.0197. The van der Waals surface area contributed by atoms with Crippen LogP contribution in [0.1, 0.15) is 10.5 Å². The highest BCUT2D eigenvalue weighted by atomic mass is 16.5. The molecular weight excluding hydrogens is 218 g/mol. The van der Waals surface area contributed by atoms with E-state index in [2.05, 4.69) is 9.97 Å². The van der Waals surface area contributed by atoms with Gasteiger partial charge < -0.3 is 14.6 Å². The largest absolute Gasteiger partial charge is 0.378 e. The lowest BCUT2D eigenvalue weighted by Crippen LogP contribution is -2.40. The summed E-state index contributed by atoms with van der Waals surface area (Å²) in [6, 6.07) is 5.65. The average Bonchev–Trinajstić information content (AvgIpc) is 2.82. The summed E-state index contributed by atoms with van der Waals surface area (Å²) in [4.78, 5) is 21.2. The molecule has 2 aromatic rings. The van der Waals surface area contributed by atoms with Crippen LogP contribution in [0.3, 0.4) is 0 Å². The number of aromatic amines is 1. The summed E-state index contributed by atoms with van der Waals surface area (Å²) < 4.78 is 5.23. The number of ether oxygens (including phenoxy) is 1. The van der Waals surface area contributed by atoms with Crippen LogP contribution in [-0.4, -0.2) is 47.1 Å². The van der Waals surface area contributed by atoms with Crippen LogP contribution in [0.15, 0.2) is 24.4 Å². The minimum Gasteiger partial charge on any atom is -0.378 e. The molecule has 0 saturated carbocycles. The van der Waals surface area contributed by atoms with E-state index in [0.29, 0.717) is 32.0 Å². The molecule has 5 heteroatoms. The third-order valence-electron chi connectivity index (χ3n) is 2.92. The van der Waals surface area contributed by atoms with Gasteiger partial charge in [-0.05, 0) is 18.2 Å². The van der Waals surface area contributed by atoms with Crippen LogP contribution in [0.5, 0.6) is 0 Å². The number of nitrogens with one attached hydrogen (secondary N) is 1. The van der Waals surface area contributed by atoms with Crippen molar-refractivity contribution in [2.24, 2.45) is 0 Å². The van der Waals surface area contributed by atoms with Gasteiger partial charge in [-0.1, -0.05) is 0 Å². The Kier molecular flexibility index (Phi) is 2.53. The highest BCUT2D eigenvalue weighted by Gasteiger charge is 2.20. The molecule has 1 aliphatic heterocycles. The molecule has 1 saturated heterocycles. The number of hydrogen-bond acceptors (Lipinski definition) is 3. The van der Waals surface area contributed by atoms with Crippen LogP contribution in [0.2, 0.25) is 0 Å². The number of amides is 1. The normalized spacial score (nSPS) is 16.4. The fourth-order valence-corrected chi connectivity index (χ4v) is 2.01. The van der Waals surface area contributed by atoms with E-state index in [-0.39, 0.29) is 5.91 Å². The van der Waals surface area contributed by atoms with Gasteiger partial charge in [0.2, 0.25) is 0 Å². The average molecular weight is 231 g/mol. The lowest BCUT2D eigenvalue weighted by molar-refractivity contribution is 0.0299. The molecule has 5 nitrogen and oxygen atoms in total. The van der Waals surface area contributed by atoms with Gasteiger partial charge in [-0.3, -0.25) is 4.79 Å². The highest BCUT2D eigenvalue weighted by Crippen LogP contribution is 2.14. The standard InChI is InChI=1S/C12H13N3O2/c16-12(15-4-6-17-7-5-15)10-8-9-2-1-3-13-11(9)14-10/h1-3,8H,4-7H2,(H,13,14). The Bertz CT molecular complexity index is 510. The topological polar surface area (TPSA) is 58.2 Å². The van der Waals surface area contributed by atoms with Crippen LogP contribution < -0.4 is 0 Å². The Labute approximate surface area is 98.4 Å². The molecule has 1 N–H and O–H groups in total. The number of carbonyl (C=O) groups is 1. The van der Waals surface area contributed by atoms with Gasteiger partial charge in [0, 0.05) is 24.7 Å². The number of fused-ring (bicyclic) bond motifs is 1. The first kappa shape index (κ1) is 10.3. The Morgan fingerprint density at radius 3 is 3.00 bits per heavy atom. The maximum Gasteiger partial charge on any atom is 0.270 e. The van der Waals surface area contributed by atoms with Gasteiger partial charge in [0.15, 0.2) is 0 Å². The monoisotopic (exact) mass is 231 g/mol. The molecule has 1 aliphatic rings. The van der Waals surface area contributed by atoms with E-state index >= 15 is 0 Å². The third-order valence-corrected chi connectivity index (χ3v) is 2.92. The second kappa shape index (κ2) is 4.18. The van der Waals surface area contributed by atoms with Crippen molar-refractivity contribution in [2.75, 3.05) is 26.3 Å². The second-order valence-corrected chi connectivity index (χ2v) is 4.03. The quantitative estimate of drug-likeness (QED) is 0.797. The molecule has 3 heterocycles. The molecular formula is C12H13N3O2. The summed E-state index contributed by atoms with van der Waals surface area (Å²) in [6.07, 6.45) is 1.71. The molecule has 17 heavy (non-hydrogen) atoms. The number of morpholine rings is 1. The Morgan fingerprint density at radius 2 is 2.24 bits per heavy atom. The molecule has 0 bridgehead atoms. The lowest BCUT2D eigenvalue weighted by Gasteiger charge is -2.26. The van der Waals surface area contributed by atoms with Crippen LogP contribution in [0.4, 0.5) is 0 Å². The van der Waals surface area contributed by atoms with Crippen molar-refractivity contribution in [1.29, 1.82) is 0 Å². The minimum atomic E-state index is 0.0197. The van der Waals surface area contributed by atoms with Crippen molar-refractivity contribution in [3.63, 3.8) is 0 Å². The zero-order valence-corrected chi connectivity index (χ0v) is 9.35. The number of pyridine rings is 1. The van der Waals surface area contributed by atoms with Crippen LogP contribution in [-0.2, 0) is 4.74 Å². The van der Waals surface area contributed by atoms with Crippen LogP contribution in [0, 0.1) is 0 Å². The maximum atomic E-state index is 12.2. The van der Waals surface area contributed by atoms with Crippen LogP contribution >= 0.6 is 0 Å². The molecule has 0 aromatic carbocycles. The molecule has 88 valence electrons. The van der Waals surface area contributed by atoms with Crippen molar-refractivity contribution < 1.29 is 9.53 Å². The summed E-state index contributed by atoms with van der Waals surface area (Å²) in [5, 5.41) is 0.962. The Balaban J connectivity index is 1.89. The summed E-state index contributed by atoms with van der Waals surface area (Å²) in [6.45, 7) is 2.54. The van der Waals surface area contributed by atoms with E-state index in [0.717, 1.165) is 11.0 Å². The molecule has 0 atom stereocenters. The van der Waals surface area contributed by atoms with Gasteiger partial charge in [-0.25, -0.2) is 4.98 Å². The summed E-state index contributed by atoms with van der Waals surface area (Å²) >= 11 is 0. The Morgan fingerprint density at radius 1 is 1.41 bits per heavy atom. The summed E-state index contributed by atoms with van der Waals surface area (Å²) in [7, 11) is 0. The van der Waals surface area contributed by atoms with E-state index in [1.807, 2.05) is 18.2 Å². The zero-order valence-electron chi connectivity index (χ0n) is 9.35. The van der Waals surface area contributed by atoms with E-state index < -0.39 is 0 Å². The number of hydrogen-bond donors (Lipinski definition) is 1. The number of rotatable bonds is 1. The molecule has 1 fully saturated rings. The van der Waals surface area contributed by atoms with Crippen molar-refractivity contribution in [2.45, 2.75) is 0 Å². The maximum absolute atomic E-state index is 12.2. The van der Waals surface area contributed by atoms with Crippen molar-refractivity contribution in [1.82, 2.24) is 14.9 Å². The van der Waals surface area contributed by atoms with Crippen molar-refractivity contribution in [3.8, 4) is 0 Å². The van der Waals surface area contributed by atoms with Gasteiger partial charge in [-0.2, -0.15) is 0 Å². The van der Waals surface area contributed by atoms with Gasteiger partial charge >= 0.3 is 0 Å². The smallest absolute Gasteiger partial charge is 0.270 e. The highest BCUT2D eigenvalue weighted by molar-refractivity contribution is 5.97. The molecule has 0 radical (unpaired) electrons. The summed E-state index contributed by atoms with van der Waals surface area (Å²) in [5.41, 5.74) is 1.35. The predicted molar refractivity (Wildman–Crippen MR) is 62.8 cm³/mol. The molecule has 1 amide bonds. The number of H-pyrrole nitrogens is 1. The number of nitrogens with zero attached hydrogens (tertiary/aromatic N) is 2. The molecule has 0 unspecified atom stereocenters. The van der Waals surface area contributed by atoms with Gasteiger partial charge in [0.05, 0.1) is 13.2 Å². The number of aromatic nitrogens is 2. The zero-order chi connectivity index (χ0) is 11.7. The number of carbonyl (C=O) groups excluding carboxylic acids is 1. The fraction of sp³-hybridized carbons (Fsp3) is 0.333. The molecule has 3 rings (SSSR count). The fourth-order valence-electron chi connectivity index (χ4n) is 2.01. The first-order valence-corrected chi connectivity index (χ1v) is 5.65. The van der Waals surface area contributed by atoms with Crippen LogP contribution in [0.25, 0.3) is 11.0 Å². The van der Waals surface area contributed by atoms with E-state index in [1.165, 1.54) is 0 Å². The second-order valence-electron chi connectivity index (χ2n) is 4.03. The van der Waals surface area contributed by atoms with Crippen molar-refractivity contribution in [3.05, 3.63) is 30.1 Å². The van der Waals surface area contributed by atoms with E-state index in [1.54, 1.807) is 11.1 Å². The minimum absolute atomic E-state index is 0.0197. The molecule has 0 aliphatic carbocycles. The first-order chi connectivity index (χ1) is 8.34. The Hall–Kier alpha value is -1.88. The van der Waals surface area contributed by atoms with Gasteiger partial charge in [0.1, 0.15) is 11.3 Å². The van der Waals surface area contributed by atoms with Crippen molar-refractivity contribution >= 4 is 16.9 Å². The first-order valence-electron chi connectivity index (χ1n) is 5.65. The third kappa shape index (κ3) is 1.89. The molecule has 0 spiro atoms.